The Hall–Kier alpha value is -2.00. The number of imide groups is 1. The third-order valence-electron chi connectivity index (χ3n) is 1.78. The van der Waals surface area contributed by atoms with Crippen LogP contribution in [-0.4, -0.2) is 41.2 Å². The topological polar surface area (TPSA) is 118 Å². The lowest BCUT2D eigenvalue weighted by molar-refractivity contribution is -0.143. The summed E-state index contributed by atoms with van der Waals surface area (Å²) in [5.74, 6) is -1.90. The van der Waals surface area contributed by atoms with Crippen LogP contribution in [0, 0.1) is 6.92 Å². The first-order chi connectivity index (χ1) is 8.97. The second-order valence-corrected chi connectivity index (χ2v) is 4.80. The van der Waals surface area contributed by atoms with Crippen molar-refractivity contribution in [3.8, 4) is 0 Å². The predicted molar refractivity (Wildman–Crippen MR) is 65.7 cm³/mol. The quantitative estimate of drug-likeness (QED) is 0.671. The molecule has 0 saturated carbocycles. The molecule has 0 fully saturated rings. The summed E-state index contributed by atoms with van der Waals surface area (Å²) in [4.78, 5) is 37.6. The Morgan fingerprint density at radius 3 is 2.74 bits per heavy atom. The van der Waals surface area contributed by atoms with E-state index in [1.165, 1.54) is 11.3 Å². The zero-order valence-electron chi connectivity index (χ0n) is 10.1. The Morgan fingerprint density at radius 2 is 2.16 bits per heavy atom. The zero-order chi connectivity index (χ0) is 14.3. The summed E-state index contributed by atoms with van der Waals surface area (Å²) in [6.07, 6.45) is 1.68. The Bertz CT molecular complexity index is 473. The summed E-state index contributed by atoms with van der Waals surface area (Å²) in [5.41, 5.74) is 0. The van der Waals surface area contributed by atoms with Crippen LogP contribution in [0.1, 0.15) is 9.88 Å². The van der Waals surface area contributed by atoms with Crippen LogP contribution in [0.2, 0.25) is 0 Å². The van der Waals surface area contributed by atoms with Gasteiger partial charge in [0.2, 0.25) is 0 Å². The number of hydrogen-bond donors (Lipinski definition) is 3. The Morgan fingerprint density at radius 1 is 1.42 bits per heavy atom. The number of rotatable bonds is 6. The largest absolute Gasteiger partial charge is 0.480 e. The maximum Gasteiger partial charge on any atom is 0.329 e. The molecule has 3 amide bonds. The lowest BCUT2D eigenvalue weighted by Crippen LogP contribution is -2.41. The van der Waals surface area contributed by atoms with Crippen molar-refractivity contribution in [2.24, 2.45) is 0 Å². The number of urea groups is 1. The van der Waals surface area contributed by atoms with Gasteiger partial charge in [-0.25, -0.2) is 14.6 Å². The smallest absolute Gasteiger partial charge is 0.329 e. The maximum absolute atomic E-state index is 11.3. The fraction of sp³-hybridized carbons (Fsp3) is 0.400. The standard InChI is InChI=1S/C10H13N3O5S/c1-6-2-11-8(19-6)3-12-10(17)13-7(14)4-18-5-9(15)16/h2H,3-5H2,1H3,(H,15,16)(H2,12,13,14,17). The number of hydrogen-bond acceptors (Lipinski definition) is 6. The normalized spacial score (nSPS) is 9.95. The molecule has 0 radical (unpaired) electrons. The van der Waals surface area contributed by atoms with Gasteiger partial charge in [-0.05, 0) is 6.92 Å². The van der Waals surface area contributed by atoms with E-state index in [-0.39, 0.29) is 6.54 Å². The minimum Gasteiger partial charge on any atom is -0.480 e. The number of ether oxygens (including phenoxy) is 1. The van der Waals surface area contributed by atoms with E-state index in [2.05, 4.69) is 15.0 Å². The van der Waals surface area contributed by atoms with E-state index in [1.54, 1.807) is 6.20 Å². The molecule has 0 aliphatic carbocycles. The molecule has 1 rings (SSSR count). The monoisotopic (exact) mass is 287 g/mol. The molecule has 0 aliphatic rings. The highest BCUT2D eigenvalue weighted by Gasteiger charge is 2.09. The van der Waals surface area contributed by atoms with Gasteiger partial charge in [0.05, 0.1) is 6.54 Å². The van der Waals surface area contributed by atoms with Crippen LogP contribution in [-0.2, 0) is 20.9 Å². The van der Waals surface area contributed by atoms with Crippen molar-refractivity contribution in [1.82, 2.24) is 15.6 Å². The van der Waals surface area contributed by atoms with Gasteiger partial charge in [0, 0.05) is 11.1 Å². The molecule has 0 bridgehead atoms. The summed E-state index contributed by atoms with van der Waals surface area (Å²) in [7, 11) is 0. The summed E-state index contributed by atoms with van der Waals surface area (Å²) in [6, 6.07) is -0.684. The van der Waals surface area contributed by atoms with Crippen molar-refractivity contribution in [3.05, 3.63) is 16.1 Å². The van der Waals surface area contributed by atoms with E-state index in [9.17, 15) is 14.4 Å². The number of thiazole rings is 1. The molecule has 1 aromatic rings. The van der Waals surface area contributed by atoms with Crippen LogP contribution >= 0.6 is 11.3 Å². The number of nitrogens with one attached hydrogen (secondary N) is 2. The van der Waals surface area contributed by atoms with E-state index in [1.807, 2.05) is 12.2 Å². The molecule has 0 unspecified atom stereocenters. The summed E-state index contributed by atoms with van der Waals surface area (Å²) in [6.45, 7) is 1.03. The fourth-order valence-electron chi connectivity index (χ4n) is 1.08. The number of amides is 3. The first-order valence-corrected chi connectivity index (χ1v) is 6.07. The van der Waals surface area contributed by atoms with Crippen LogP contribution in [0.4, 0.5) is 4.79 Å². The van der Waals surface area contributed by atoms with Gasteiger partial charge in [0.25, 0.3) is 5.91 Å². The lowest BCUT2D eigenvalue weighted by atomic mass is 10.6. The summed E-state index contributed by atoms with van der Waals surface area (Å²) >= 11 is 1.44. The number of nitrogens with zero attached hydrogens (tertiary/aromatic N) is 1. The molecule has 8 nitrogen and oxygen atoms in total. The highest BCUT2D eigenvalue weighted by atomic mass is 32.1. The molecule has 0 saturated heterocycles. The zero-order valence-corrected chi connectivity index (χ0v) is 11.0. The van der Waals surface area contributed by atoms with Gasteiger partial charge in [-0.1, -0.05) is 0 Å². The lowest BCUT2D eigenvalue weighted by Gasteiger charge is -2.05. The molecule has 0 aromatic carbocycles. The van der Waals surface area contributed by atoms with Gasteiger partial charge in [-0.2, -0.15) is 0 Å². The van der Waals surface area contributed by atoms with Gasteiger partial charge in [-0.15, -0.1) is 11.3 Å². The fourth-order valence-corrected chi connectivity index (χ4v) is 1.80. The molecule has 1 heterocycles. The number of carboxylic acid groups (broad SMARTS) is 1. The molecule has 19 heavy (non-hydrogen) atoms. The molecule has 1 aromatic heterocycles. The number of aryl methyl sites for hydroxylation is 1. The molecular weight excluding hydrogens is 274 g/mol. The molecule has 0 spiro atoms. The molecule has 0 aliphatic heterocycles. The van der Waals surface area contributed by atoms with Crippen molar-refractivity contribution >= 4 is 29.2 Å². The minimum absolute atomic E-state index is 0.216. The highest BCUT2D eigenvalue weighted by Crippen LogP contribution is 2.10. The Labute approximate surface area is 112 Å². The highest BCUT2D eigenvalue weighted by molar-refractivity contribution is 7.11. The molecule has 9 heteroatoms. The van der Waals surface area contributed by atoms with Gasteiger partial charge < -0.3 is 15.2 Å². The predicted octanol–water partition coefficient (Wildman–Crippen LogP) is -0.121. The number of carboxylic acids is 1. The van der Waals surface area contributed by atoms with E-state index in [4.69, 9.17) is 5.11 Å². The molecular formula is C10H13N3O5S. The van der Waals surface area contributed by atoms with E-state index in [0.29, 0.717) is 0 Å². The number of aliphatic carboxylic acids is 1. The SMILES string of the molecule is Cc1cnc(CNC(=O)NC(=O)COCC(=O)O)s1. The second kappa shape index (κ2) is 7.44. The van der Waals surface area contributed by atoms with Crippen LogP contribution in [0.15, 0.2) is 6.20 Å². The van der Waals surface area contributed by atoms with Gasteiger partial charge >= 0.3 is 12.0 Å². The van der Waals surface area contributed by atoms with Crippen LogP contribution in [0.25, 0.3) is 0 Å². The van der Waals surface area contributed by atoms with Crippen molar-refractivity contribution < 1.29 is 24.2 Å². The van der Waals surface area contributed by atoms with E-state index < -0.39 is 31.1 Å². The van der Waals surface area contributed by atoms with E-state index >= 15 is 0 Å². The number of carbonyl (C=O) groups excluding carboxylic acids is 2. The molecule has 104 valence electrons. The van der Waals surface area contributed by atoms with Crippen molar-refractivity contribution in [2.75, 3.05) is 13.2 Å². The van der Waals surface area contributed by atoms with Crippen LogP contribution in [0.3, 0.4) is 0 Å². The van der Waals surface area contributed by atoms with Gasteiger partial charge in [0.15, 0.2) is 0 Å². The molecule has 0 atom stereocenters. The van der Waals surface area contributed by atoms with Crippen molar-refractivity contribution in [3.63, 3.8) is 0 Å². The average molecular weight is 287 g/mol. The third kappa shape index (κ3) is 6.48. The minimum atomic E-state index is -1.18. The molecule has 3 N–H and O–H groups in total. The number of carbonyl (C=O) groups is 3. The van der Waals surface area contributed by atoms with Crippen LogP contribution < -0.4 is 10.6 Å². The van der Waals surface area contributed by atoms with Gasteiger partial charge in [0.1, 0.15) is 18.2 Å². The Balaban J connectivity index is 2.19. The maximum atomic E-state index is 11.3. The first-order valence-electron chi connectivity index (χ1n) is 5.26. The van der Waals surface area contributed by atoms with Crippen molar-refractivity contribution in [1.29, 1.82) is 0 Å². The van der Waals surface area contributed by atoms with E-state index in [0.717, 1.165) is 9.88 Å². The summed E-state index contributed by atoms with van der Waals surface area (Å²) in [5, 5.41) is 13.5. The number of aromatic nitrogens is 1. The first kappa shape index (κ1) is 15.1. The second-order valence-electron chi connectivity index (χ2n) is 3.48. The summed E-state index contributed by atoms with van der Waals surface area (Å²) < 4.78 is 4.52. The third-order valence-corrected chi connectivity index (χ3v) is 2.69. The average Bonchev–Trinajstić information content (AvgIpc) is 2.72. The Kier molecular flexibility index (Phi) is 5.90. The van der Waals surface area contributed by atoms with Gasteiger partial charge in [-0.3, -0.25) is 10.1 Å². The van der Waals surface area contributed by atoms with Crippen molar-refractivity contribution in [2.45, 2.75) is 13.5 Å². The van der Waals surface area contributed by atoms with Crippen LogP contribution in [0.5, 0.6) is 0 Å².